The summed E-state index contributed by atoms with van der Waals surface area (Å²) >= 11 is 6.29. The molecule has 0 aliphatic carbocycles. The predicted molar refractivity (Wildman–Crippen MR) is 88.4 cm³/mol. The Hall–Kier alpha value is -1.81. The lowest BCUT2D eigenvalue weighted by Crippen LogP contribution is -2.27. The van der Waals surface area contributed by atoms with E-state index in [2.05, 4.69) is 4.98 Å². The SMILES string of the molecule is CCc1nc(-c2cccn2C(=O)OC(C)(C)C)cc(Cl)c1C. The quantitative estimate of drug-likeness (QED) is 0.794. The molecule has 0 aromatic carbocycles. The molecule has 5 heteroatoms. The molecular formula is C17H21ClN2O2. The van der Waals surface area contributed by atoms with Gasteiger partial charge in [-0.3, -0.25) is 9.55 Å². The molecule has 0 saturated heterocycles. The minimum absolute atomic E-state index is 0.427. The summed E-state index contributed by atoms with van der Waals surface area (Å²) in [4.78, 5) is 16.9. The molecule has 0 saturated carbocycles. The van der Waals surface area contributed by atoms with Crippen LogP contribution < -0.4 is 0 Å². The van der Waals surface area contributed by atoms with Crippen LogP contribution in [-0.4, -0.2) is 21.2 Å². The Morgan fingerprint density at radius 1 is 1.41 bits per heavy atom. The Morgan fingerprint density at radius 2 is 2.09 bits per heavy atom. The van der Waals surface area contributed by atoms with Crippen LogP contribution in [0.25, 0.3) is 11.4 Å². The number of pyridine rings is 1. The smallest absolute Gasteiger partial charge is 0.419 e. The lowest BCUT2D eigenvalue weighted by Gasteiger charge is -2.20. The predicted octanol–water partition coefficient (Wildman–Crippen LogP) is 4.86. The van der Waals surface area contributed by atoms with Crippen LogP contribution in [-0.2, 0) is 11.2 Å². The van der Waals surface area contributed by atoms with Gasteiger partial charge in [-0.05, 0) is 57.9 Å². The lowest BCUT2D eigenvalue weighted by molar-refractivity contribution is 0.0540. The fourth-order valence-corrected chi connectivity index (χ4v) is 2.38. The van der Waals surface area contributed by atoms with Crippen LogP contribution in [0.2, 0.25) is 5.02 Å². The summed E-state index contributed by atoms with van der Waals surface area (Å²) in [6.07, 6.45) is 2.03. The fraction of sp³-hybridized carbons (Fsp3) is 0.412. The van der Waals surface area contributed by atoms with Gasteiger partial charge in [0.15, 0.2) is 0 Å². The van der Waals surface area contributed by atoms with Crippen molar-refractivity contribution in [1.29, 1.82) is 0 Å². The summed E-state index contributed by atoms with van der Waals surface area (Å²) in [6, 6.07) is 5.41. The van der Waals surface area contributed by atoms with Gasteiger partial charge in [0.05, 0.1) is 11.4 Å². The molecule has 0 fully saturated rings. The molecule has 22 heavy (non-hydrogen) atoms. The van der Waals surface area contributed by atoms with Crippen LogP contribution in [0.3, 0.4) is 0 Å². The highest BCUT2D eigenvalue weighted by Gasteiger charge is 2.20. The third kappa shape index (κ3) is 3.50. The summed E-state index contributed by atoms with van der Waals surface area (Å²) < 4.78 is 6.88. The molecule has 0 aliphatic heterocycles. The van der Waals surface area contributed by atoms with Crippen molar-refractivity contribution in [2.75, 3.05) is 0 Å². The van der Waals surface area contributed by atoms with Crippen LogP contribution in [0.15, 0.2) is 24.4 Å². The first-order valence-electron chi connectivity index (χ1n) is 7.30. The topological polar surface area (TPSA) is 44.1 Å². The molecule has 118 valence electrons. The number of hydrogen-bond donors (Lipinski definition) is 0. The minimum Gasteiger partial charge on any atom is -0.443 e. The second-order valence-electron chi connectivity index (χ2n) is 6.16. The highest BCUT2D eigenvalue weighted by atomic mass is 35.5. The monoisotopic (exact) mass is 320 g/mol. The maximum Gasteiger partial charge on any atom is 0.419 e. The number of carbonyl (C=O) groups excluding carboxylic acids is 1. The normalized spacial score (nSPS) is 11.5. The second-order valence-corrected chi connectivity index (χ2v) is 6.57. The molecule has 2 rings (SSSR count). The molecule has 2 aromatic heterocycles. The van der Waals surface area contributed by atoms with E-state index < -0.39 is 11.7 Å². The van der Waals surface area contributed by atoms with Gasteiger partial charge in [-0.1, -0.05) is 18.5 Å². The average Bonchev–Trinajstić information content (AvgIpc) is 2.89. The first-order chi connectivity index (χ1) is 10.2. The molecule has 0 amide bonds. The first kappa shape index (κ1) is 16.6. The van der Waals surface area contributed by atoms with E-state index in [-0.39, 0.29) is 0 Å². The van der Waals surface area contributed by atoms with E-state index in [1.54, 1.807) is 18.3 Å². The highest BCUT2D eigenvalue weighted by Crippen LogP contribution is 2.27. The average molecular weight is 321 g/mol. The van der Waals surface area contributed by atoms with Crippen LogP contribution in [0.5, 0.6) is 0 Å². The fourth-order valence-electron chi connectivity index (χ4n) is 2.16. The summed E-state index contributed by atoms with van der Waals surface area (Å²) in [5, 5.41) is 0.652. The molecule has 2 heterocycles. The van der Waals surface area contributed by atoms with Gasteiger partial charge in [0.1, 0.15) is 5.60 Å². The maximum atomic E-state index is 12.3. The van der Waals surface area contributed by atoms with Gasteiger partial charge >= 0.3 is 6.09 Å². The van der Waals surface area contributed by atoms with E-state index >= 15 is 0 Å². The highest BCUT2D eigenvalue weighted by molar-refractivity contribution is 6.31. The Balaban J connectivity index is 2.46. The zero-order valence-corrected chi connectivity index (χ0v) is 14.4. The molecule has 2 aromatic rings. The number of aryl methyl sites for hydroxylation is 1. The van der Waals surface area contributed by atoms with Crippen LogP contribution in [0.4, 0.5) is 4.79 Å². The second kappa shape index (κ2) is 6.13. The zero-order chi connectivity index (χ0) is 16.5. The van der Waals surface area contributed by atoms with Crippen molar-refractivity contribution in [3.63, 3.8) is 0 Å². The molecule has 0 atom stereocenters. The summed E-state index contributed by atoms with van der Waals surface area (Å²) in [5.74, 6) is 0. The Labute approximate surface area is 136 Å². The van der Waals surface area contributed by atoms with Crippen molar-refractivity contribution < 1.29 is 9.53 Å². The third-order valence-corrected chi connectivity index (χ3v) is 3.64. The maximum absolute atomic E-state index is 12.3. The number of rotatable bonds is 2. The Bertz CT molecular complexity index is 699. The number of aromatic nitrogens is 2. The molecule has 4 nitrogen and oxygen atoms in total. The summed E-state index contributed by atoms with van der Waals surface area (Å²) in [5.41, 5.74) is 2.70. The van der Waals surface area contributed by atoms with E-state index in [9.17, 15) is 4.79 Å². The number of ether oxygens (including phenoxy) is 1. The van der Waals surface area contributed by atoms with E-state index in [0.29, 0.717) is 16.4 Å². The summed E-state index contributed by atoms with van der Waals surface area (Å²) in [6.45, 7) is 9.49. The van der Waals surface area contributed by atoms with Crippen molar-refractivity contribution in [2.24, 2.45) is 0 Å². The largest absolute Gasteiger partial charge is 0.443 e. The van der Waals surface area contributed by atoms with Crippen molar-refractivity contribution in [2.45, 2.75) is 46.6 Å². The molecule has 0 aliphatic rings. The van der Waals surface area contributed by atoms with E-state index in [4.69, 9.17) is 16.3 Å². The van der Waals surface area contributed by atoms with Gasteiger partial charge in [-0.2, -0.15) is 0 Å². The van der Waals surface area contributed by atoms with Gasteiger partial charge in [0.2, 0.25) is 0 Å². The Morgan fingerprint density at radius 3 is 2.68 bits per heavy atom. The number of carbonyl (C=O) groups is 1. The third-order valence-electron chi connectivity index (χ3n) is 3.25. The lowest BCUT2D eigenvalue weighted by atomic mass is 10.1. The molecule has 0 unspecified atom stereocenters. The minimum atomic E-state index is -0.550. The van der Waals surface area contributed by atoms with Gasteiger partial charge in [-0.25, -0.2) is 4.79 Å². The van der Waals surface area contributed by atoms with Gasteiger partial charge in [0.25, 0.3) is 0 Å². The zero-order valence-electron chi connectivity index (χ0n) is 13.6. The van der Waals surface area contributed by atoms with Crippen molar-refractivity contribution in [3.05, 3.63) is 40.7 Å². The molecule has 0 bridgehead atoms. The standard InChI is InChI=1S/C17H21ClN2O2/c1-6-13-11(2)12(18)10-14(19-13)15-8-7-9-20(15)16(21)22-17(3,4)5/h7-10H,6H2,1-5H3. The molecule has 0 spiro atoms. The van der Waals surface area contributed by atoms with Crippen molar-refractivity contribution >= 4 is 17.7 Å². The first-order valence-corrected chi connectivity index (χ1v) is 7.68. The number of hydrogen-bond acceptors (Lipinski definition) is 3. The van der Waals surface area contributed by atoms with Gasteiger partial charge in [-0.15, -0.1) is 0 Å². The summed E-state index contributed by atoms with van der Waals surface area (Å²) in [7, 11) is 0. The van der Waals surface area contributed by atoms with Crippen molar-refractivity contribution in [3.8, 4) is 11.4 Å². The van der Waals surface area contributed by atoms with Crippen LogP contribution in [0, 0.1) is 6.92 Å². The van der Waals surface area contributed by atoms with Crippen LogP contribution >= 0.6 is 11.6 Å². The Kier molecular flexibility index (Phi) is 4.61. The van der Waals surface area contributed by atoms with Gasteiger partial charge < -0.3 is 4.74 Å². The van der Waals surface area contributed by atoms with E-state index in [1.807, 2.05) is 40.7 Å². The number of halogens is 1. The van der Waals surface area contributed by atoms with Gasteiger partial charge in [0, 0.05) is 16.9 Å². The number of nitrogens with zero attached hydrogens (tertiary/aromatic N) is 2. The molecular weight excluding hydrogens is 300 g/mol. The van der Waals surface area contributed by atoms with E-state index in [0.717, 1.165) is 17.7 Å². The van der Waals surface area contributed by atoms with E-state index in [1.165, 1.54) is 4.57 Å². The molecule has 0 N–H and O–H groups in total. The molecule has 0 radical (unpaired) electrons. The van der Waals surface area contributed by atoms with Crippen molar-refractivity contribution in [1.82, 2.24) is 9.55 Å². The van der Waals surface area contributed by atoms with Crippen LogP contribution in [0.1, 0.15) is 39.0 Å².